The fraction of sp³-hybridized carbons (Fsp3) is 0.250. The smallest absolute Gasteiger partial charge is 0.157 e. The van der Waals surface area contributed by atoms with Crippen LogP contribution in [-0.2, 0) is 0 Å². The third kappa shape index (κ3) is 0.777. The van der Waals surface area contributed by atoms with Crippen LogP contribution >= 0.6 is 0 Å². The Kier molecular flexibility index (Phi) is 1.30. The summed E-state index contributed by atoms with van der Waals surface area (Å²) >= 11 is 0. The van der Waals surface area contributed by atoms with Gasteiger partial charge in [0.2, 0.25) is 0 Å². The summed E-state index contributed by atoms with van der Waals surface area (Å²) in [5.74, 6) is 0.669. The lowest BCUT2D eigenvalue weighted by Crippen LogP contribution is -2.04. The highest BCUT2D eigenvalue weighted by atomic mass is 15.3. The fourth-order valence-electron chi connectivity index (χ4n) is 1.17. The van der Waals surface area contributed by atoms with Crippen molar-refractivity contribution in [2.24, 2.45) is 0 Å². The fourth-order valence-corrected chi connectivity index (χ4v) is 1.17. The minimum Gasteiger partial charge on any atom is -0.383 e. The van der Waals surface area contributed by atoms with Gasteiger partial charge in [0.15, 0.2) is 5.65 Å². The van der Waals surface area contributed by atoms with Crippen LogP contribution in [-0.4, -0.2) is 14.6 Å². The van der Waals surface area contributed by atoms with Crippen LogP contribution in [0.3, 0.4) is 0 Å². The predicted octanol–water partition coefficient (Wildman–Crippen LogP) is 0.928. The molecule has 12 heavy (non-hydrogen) atoms. The summed E-state index contributed by atoms with van der Waals surface area (Å²) in [5, 5.41) is 4.05. The number of nitrogens with two attached hydrogens (primary N) is 1. The summed E-state index contributed by atoms with van der Waals surface area (Å²) < 4.78 is 1.64. The number of nitrogen functional groups attached to an aromatic ring is 1. The average molecular weight is 162 g/mol. The van der Waals surface area contributed by atoms with Gasteiger partial charge in [0.25, 0.3) is 0 Å². The Bertz CT molecular complexity index is 430. The maximum Gasteiger partial charge on any atom is 0.157 e. The minimum atomic E-state index is 0.669. The molecule has 2 aromatic heterocycles. The molecule has 2 rings (SSSR count). The Morgan fingerprint density at radius 3 is 2.92 bits per heavy atom. The molecule has 62 valence electrons. The Morgan fingerprint density at radius 1 is 1.42 bits per heavy atom. The van der Waals surface area contributed by atoms with E-state index >= 15 is 0 Å². The number of fused-ring (bicyclic) bond motifs is 1. The molecule has 0 radical (unpaired) electrons. The molecule has 0 atom stereocenters. The van der Waals surface area contributed by atoms with Crippen molar-refractivity contribution in [2.45, 2.75) is 13.8 Å². The number of anilines is 1. The highest BCUT2D eigenvalue weighted by molar-refractivity contribution is 5.51. The van der Waals surface area contributed by atoms with E-state index in [0.29, 0.717) is 5.82 Å². The number of rotatable bonds is 0. The van der Waals surface area contributed by atoms with Gasteiger partial charge in [0, 0.05) is 17.3 Å². The SMILES string of the molecule is Cc1nc2ccnn2c(N)c1C. The van der Waals surface area contributed by atoms with E-state index in [4.69, 9.17) is 5.73 Å². The molecule has 4 nitrogen and oxygen atoms in total. The zero-order chi connectivity index (χ0) is 8.72. The van der Waals surface area contributed by atoms with Gasteiger partial charge in [-0.1, -0.05) is 0 Å². The molecule has 0 saturated heterocycles. The van der Waals surface area contributed by atoms with Gasteiger partial charge in [-0.3, -0.25) is 0 Å². The van der Waals surface area contributed by atoms with Crippen molar-refractivity contribution >= 4 is 11.5 Å². The number of aromatic nitrogens is 3. The molecule has 0 bridgehead atoms. The van der Waals surface area contributed by atoms with Crippen molar-refractivity contribution in [3.8, 4) is 0 Å². The Morgan fingerprint density at radius 2 is 2.17 bits per heavy atom. The van der Waals surface area contributed by atoms with Gasteiger partial charge in [-0.2, -0.15) is 9.61 Å². The first kappa shape index (κ1) is 7.09. The Balaban J connectivity index is 2.94. The van der Waals surface area contributed by atoms with Crippen LogP contribution in [0.15, 0.2) is 12.3 Å². The van der Waals surface area contributed by atoms with Gasteiger partial charge in [-0.25, -0.2) is 4.98 Å². The quantitative estimate of drug-likeness (QED) is 0.627. The second-order valence-electron chi connectivity index (χ2n) is 2.81. The number of hydrogen-bond donors (Lipinski definition) is 1. The van der Waals surface area contributed by atoms with E-state index in [9.17, 15) is 0 Å². The second-order valence-corrected chi connectivity index (χ2v) is 2.81. The van der Waals surface area contributed by atoms with E-state index < -0.39 is 0 Å². The molecule has 0 aliphatic heterocycles. The van der Waals surface area contributed by atoms with Crippen molar-refractivity contribution in [1.29, 1.82) is 0 Å². The largest absolute Gasteiger partial charge is 0.383 e. The molecular weight excluding hydrogens is 152 g/mol. The second kappa shape index (κ2) is 2.20. The van der Waals surface area contributed by atoms with Gasteiger partial charge >= 0.3 is 0 Å². The van der Waals surface area contributed by atoms with E-state index in [0.717, 1.165) is 16.9 Å². The van der Waals surface area contributed by atoms with Gasteiger partial charge in [0.05, 0.1) is 6.20 Å². The van der Waals surface area contributed by atoms with E-state index in [1.807, 2.05) is 19.9 Å². The van der Waals surface area contributed by atoms with Gasteiger partial charge < -0.3 is 5.73 Å². The van der Waals surface area contributed by atoms with Crippen LogP contribution in [0.4, 0.5) is 5.82 Å². The topological polar surface area (TPSA) is 56.2 Å². The molecule has 0 saturated carbocycles. The van der Waals surface area contributed by atoms with Gasteiger partial charge in [-0.15, -0.1) is 0 Å². The molecule has 4 heteroatoms. The number of nitrogens with zero attached hydrogens (tertiary/aromatic N) is 3. The molecule has 0 fully saturated rings. The zero-order valence-electron chi connectivity index (χ0n) is 7.07. The lowest BCUT2D eigenvalue weighted by atomic mass is 10.2. The van der Waals surface area contributed by atoms with Crippen molar-refractivity contribution in [1.82, 2.24) is 14.6 Å². The zero-order valence-corrected chi connectivity index (χ0v) is 7.07. The van der Waals surface area contributed by atoms with Gasteiger partial charge in [-0.05, 0) is 13.8 Å². The van der Waals surface area contributed by atoms with Crippen LogP contribution in [0, 0.1) is 13.8 Å². The molecule has 2 heterocycles. The summed E-state index contributed by atoms with van der Waals surface area (Å²) in [7, 11) is 0. The molecule has 2 N–H and O–H groups in total. The first-order chi connectivity index (χ1) is 5.70. The first-order valence-electron chi connectivity index (χ1n) is 3.76. The molecule has 0 aliphatic carbocycles. The van der Waals surface area contributed by atoms with Gasteiger partial charge in [0.1, 0.15) is 5.82 Å². The lowest BCUT2D eigenvalue weighted by molar-refractivity contribution is 0.929. The third-order valence-corrected chi connectivity index (χ3v) is 2.06. The highest BCUT2D eigenvalue weighted by Gasteiger charge is 2.05. The van der Waals surface area contributed by atoms with Crippen molar-refractivity contribution in [3.63, 3.8) is 0 Å². The summed E-state index contributed by atoms with van der Waals surface area (Å²) in [4.78, 5) is 4.32. The standard InChI is InChI=1S/C8H10N4/c1-5-6(2)11-7-3-4-10-12(7)8(5)9/h3-4H,9H2,1-2H3. The molecule has 0 unspecified atom stereocenters. The molecule has 0 aromatic carbocycles. The molecule has 0 aliphatic rings. The van der Waals surface area contributed by atoms with E-state index in [-0.39, 0.29) is 0 Å². The van der Waals surface area contributed by atoms with E-state index in [1.165, 1.54) is 0 Å². The summed E-state index contributed by atoms with van der Waals surface area (Å²) in [5.41, 5.74) is 8.58. The predicted molar refractivity (Wildman–Crippen MR) is 46.9 cm³/mol. The van der Waals surface area contributed by atoms with Crippen LogP contribution in [0.1, 0.15) is 11.3 Å². The highest BCUT2D eigenvalue weighted by Crippen LogP contribution is 2.14. The Labute approximate surface area is 70.0 Å². The minimum absolute atomic E-state index is 0.669. The molecule has 2 aromatic rings. The monoisotopic (exact) mass is 162 g/mol. The summed E-state index contributed by atoms with van der Waals surface area (Å²) in [6.07, 6.45) is 1.69. The van der Waals surface area contributed by atoms with E-state index in [1.54, 1.807) is 10.7 Å². The maximum atomic E-state index is 5.82. The van der Waals surface area contributed by atoms with Crippen molar-refractivity contribution in [3.05, 3.63) is 23.5 Å². The van der Waals surface area contributed by atoms with E-state index in [2.05, 4.69) is 10.1 Å². The maximum absolute atomic E-state index is 5.82. The summed E-state index contributed by atoms with van der Waals surface area (Å²) in [6, 6.07) is 1.84. The van der Waals surface area contributed by atoms with Crippen LogP contribution in [0.2, 0.25) is 0 Å². The van der Waals surface area contributed by atoms with Crippen LogP contribution in [0.5, 0.6) is 0 Å². The van der Waals surface area contributed by atoms with Crippen molar-refractivity contribution < 1.29 is 0 Å². The van der Waals surface area contributed by atoms with Crippen molar-refractivity contribution in [2.75, 3.05) is 5.73 Å². The Hall–Kier alpha value is -1.58. The molecule has 0 amide bonds. The third-order valence-electron chi connectivity index (χ3n) is 2.06. The summed E-state index contributed by atoms with van der Waals surface area (Å²) in [6.45, 7) is 3.89. The van der Waals surface area contributed by atoms with Crippen LogP contribution in [0.25, 0.3) is 5.65 Å². The molecular formula is C8H10N4. The lowest BCUT2D eigenvalue weighted by Gasteiger charge is -2.04. The number of hydrogen-bond acceptors (Lipinski definition) is 3. The van der Waals surface area contributed by atoms with Crippen LogP contribution < -0.4 is 5.73 Å². The first-order valence-corrected chi connectivity index (χ1v) is 3.76. The molecule has 0 spiro atoms. The average Bonchev–Trinajstić information content (AvgIpc) is 2.48. The normalized spacial score (nSPS) is 10.8. The number of aryl methyl sites for hydroxylation is 1.